The number of phenols is 1. The maximum absolute atomic E-state index is 11.1. The third kappa shape index (κ3) is 3.41. The molecule has 0 aliphatic heterocycles. The van der Waals surface area contributed by atoms with Crippen molar-refractivity contribution in [2.24, 2.45) is 5.92 Å². The minimum atomic E-state index is -3.28. The summed E-state index contributed by atoms with van der Waals surface area (Å²) in [7, 11) is -3.28. The molecular formula is C11H15NO3S. The molecule has 0 spiro atoms. The molecule has 0 bridgehead atoms. The molecule has 4 nitrogen and oxygen atoms in total. The van der Waals surface area contributed by atoms with Crippen LogP contribution in [0.2, 0.25) is 0 Å². The molecule has 88 valence electrons. The van der Waals surface area contributed by atoms with E-state index in [0.717, 1.165) is 18.2 Å². The molecule has 2 rings (SSSR count). The van der Waals surface area contributed by atoms with Gasteiger partial charge in [-0.1, -0.05) is 0 Å². The van der Waals surface area contributed by atoms with Crippen molar-refractivity contribution in [3.8, 4) is 5.75 Å². The molecule has 1 fully saturated rings. The van der Waals surface area contributed by atoms with Gasteiger partial charge >= 0.3 is 0 Å². The lowest BCUT2D eigenvalue weighted by Crippen LogP contribution is -2.09. The van der Waals surface area contributed by atoms with Gasteiger partial charge in [0.05, 0.1) is 11.9 Å². The Morgan fingerprint density at radius 2 is 2.06 bits per heavy atom. The number of hydrogen-bond acceptors (Lipinski definition) is 3. The second kappa shape index (κ2) is 3.97. The minimum Gasteiger partial charge on any atom is -0.508 e. The molecule has 1 aliphatic carbocycles. The molecule has 0 radical (unpaired) electrons. The molecule has 2 N–H and O–H groups in total. The highest BCUT2D eigenvalue weighted by Crippen LogP contribution is 2.34. The van der Waals surface area contributed by atoms with E-state index in [1.54, 1.807) is 12.1 Å². The van der Waals surface area contributed by atoms with Gasteiger partial charge in [-0.05, 0) is 42.9 Å². The fraction of sp³-hybridized carbons (Fsp3) is 0.455. The number of aromatic hydroxyl groups is 1. The van der Waals surface area contributed by atoms with Crippen LogP contribution in [0.5, 0.6) is 5.75 Å². The third-order valence-corrected chi connectivity index (χ3v) is 3.11. The van der Waals surface area contributed by atoms with E-state index in [9.17, 15) is 13.5 Å². The molecule has 0 saturated heterocycles. The normalized spacial score (nSPS) is 16.1. The summed E-state index contributed by atoms with van der Waals surface area (Å²) in [5.74, 6) is 0.803. The lowest BCUT2D eigenvalue weighted by atomic mass is 10.1. The predicted molar refractivity (Wildman–Crippen MR) is 63.0 cm³/mol. The van der Waals surface area contributed by atoms with Crippen molar-refractivity contribution in [3.05, 3.63) is 23.8 Å². The van der Waals surface area contributed by atoms with Crippen LogP contribution in [0.3, 0.4) is 0 Å². The maximum atomic E-state index is 11.1. The Hall–Kier alpha value is -1.23. The topological polar surface area (TPSA) is 66.4 Å². The molecule has 0 heterocycles. The average molecular weight is 241 g/mol. The van der Waals surface area contributed by atoms with Crippen LogP contribution in [0.4, 0.5) is 5.69 Å². The highest BCUT2D eigenvalue weighted by molar-refractivity contribution is 7.92. The van der Waals surface area contributed by atoms with Gasteiger partial charge in [0.1, 0.15) is 5.75 Å². The van der Waals surface area contributed by atoms with E-state index in [-0.39, 0.29) is 5.75 Å². The Kier molecular flexibility index (Phi) is 2.80. The van der Waals surface area contributed by atoms with Crippen LogP contribution >= 0.6 is 0 Å². The fourth-order valence-corrected chi connectivity index (χ4v) is 2.27. The Labute approximate surface area is 95.4 Å². The van der Waals surface area contributed by atoms with Crippen molar-refractivity contribution in [2.75, 3.05) is 11.0 Å². The van der Waals surface area contributed by atoms with Crippen molar-refractivity contribution in [1.29, 1.82) is 0 Å². The predicted octanol–water partition coefficient (Wildman–Crippen LogP) is 1.72. The summed E-state index contributed by atoms with van der Waals surface area (Å²) in [4.78, 5) is 0. The first-order valence-corrected chi connectivity index (χ1v) is 7.12. The largest absolute Gasteiger partial charge is 0.508 e. The second-order valence-electron chi connectivity index (χ2n) is 4.41. The van der Waals surface area contributed by atoms with Gasteiger partial charge in [0.2, 0.25) is 10.0 Å². The summed E-state index contributed by atoms with van der Waals surface area (Å²) < 4.78 is 24.5. The number of sulfonamides is 1. The Morgan fingerprint density at radius 1 is 1.38 bits per heavy atom. The molecule has 1 aromatic carbocycles. The summed E-state index contributed by atoms with van der Waals surface area (Å²) in [6, 6.07) is 4.88. The molecule has 0 aromatic heterocycles. The molecule has 1 aromatic rings. The quantitative estimate of drug-likeness (QED) is 0.843. The number of hydrogen-bond donors (Lipinski definition) is 2. The fourth-order valence-electron chi connectivity index (χ4n) is 1.72. The lowest BCUT2D eigenvalue weighted by molar-refractivity contribution is 0.474. The molecule has 5 heteroatoms. The summed E-state index contributed by atoms with van der Waals surface area (Å²) in [6.45, 7) is 0. The van der Waals surface area contributed by atoms with Gasteiger partial charge in [-0.3, -0.25) is 4.72 Å². The molecule has 1 saturated carbocycles. The average Bonchev–Trinajstić information content (AvgIpc) is 2.82. The zero-order chi connectivity index (χ0) is 11.8. The Balaban J connectivity index is 2.20. The third-order valence-electron chi connectivity index (χ3n) is 2.50. The van der Waals surface area contributed by atoms with Crippen molar-refractivity contribution in [1.82, 2.24) is 0 Å². The SMILES string of the molecule is CS(=O)(=O)Nc1cc(O)cc(CC2CC2)c1. The molecule has 0 atom stereocenters. The number of rotatable bonds is 4. The van der Waals surface area contributed by atoms with Gasteiger partial charge in [0.15, 0.2) is 0 Å². The summed E-state index contributed by atoms with van der Waals surface area (Å²) in [5.41, 5.74) is 1.41. The van der Waals surface area contributed by atoms with Gasteiger partial charge in [-0.2, -0.15) is 0 Å². The van der Waals surface area contributed by atoms with E-state index < -0.39 is 10.0 Å². The number of benzene rings is 1. The van der Waals surface area contributed by atoms with Crippen molar-refractivity contribution >= 4 is 15.7 Å². The molecule has 0 unspecified atom stereocenters. The molecule has 0 amide bonds. The van der Waals surface area contributed by atoms with Crippen molar-refractivity contribution in [3.63, 3.8) is 0 Å². The summed E-state index contributed by atoms with van der Waals surface area (Å²) >= 11 is 0. The van der Waals surface area contributed by atoms with E-state index >= 15 is 0 Å². The number of phenolic OH excluding ortho intramolecular Hbond substituents is 1. The van der Waals surface area contributed by atoms with Gasteiger partial charge in [0.25, 0.3) is 0 Å². The van der Waals surface area contributed by atoms with Gasteiger partial charge in [0, 0.05) is 6.07 Å². The Morgan fingerprint density at radius 3 is 2.62 bits per heavy atom. The van der Waals surface area contributed by atoms with Crippen LogP contribution in [0.1, 0.15) is 18.4 Å². The zero-order valence-electron chi connectivity index (χ0n) is 9.10. The van der Waals surface area contributed by atoms with Crippen molar-refractivity contribution < 1.29 is 13.5 Å². The minimum absolute atomic E-state index is 0.101. The number of anilines is 1. The molecular weight excluding hydrogens is 226 g/mol. The van der Waals surface area contributed by atoms with Crippen LogP contribution in [0.25, 0.3) is 0 Å². The van der Waals surface area contributed by atoms with E-state index in [1.165, 1.54) is 18.9 Å². The van der Waals surface area contributed by atoms with Crippen LogP contribution < -0.4 is 4.72 Å². The van der Waals surface area contributed by atoms with E-state index in [1.807, 2.05) is 0 Å². The monoisotopic (exact) mass is 241 g/mol. The van der Waals surface area contributed by atoms with E-state index in [4.69, 9.17) is 0 Å². The van der Waals surface area contributed by atoms with Gasteiger partial charge in [-0.15, -0.1) is 0 Å². The van der Waals surface area contributed by atoms with Crippen molar-refractivity contribution in [2.45, 2.75) is 19.3 Å². The lowest BCUT2D eigenvalue weighted by Gasteiger charge is -2.07. The first kappa shape index (κ1) is 11.3. The molecule has 16 heavy (non-hydrogen) atoms. The zero-order valence-corrected chi connectivity index (χ0v) is 9.92. The second-order valence-corrected chi connectivity index (χ2v) is 6.16. The summed E-state index contributed by atoms with van der Waals surface area (Å²) in [6.07, 6.45) is 4.46. The highest BCUT2D eigenvalue weighted by atomic mass is 32.2. The Bertz CT molecular complexity index is 492. The first-order valence-electron chi connectivity index (χ1n) is 5.23. The summed E-state index contributed by atoms with van der Waals surface area (Å²) in [5, 5.41) is 9.49. The van der Waals surface area contributed by atoms with Crippen LogP contribution in [0.15, 0.2) is 18.2 Å². The number of nitrogens with one attached hydrogen (secondary N) is 1. The van der Waals surface area contributed by atoms with E-state index in [0.29, 0.717) is 11.6 Å². The smallest absolute Gasteiger partial charge is 0.229 e. The van der Waals surface area contributed by atoms with Crippen LogP contribution in [-0.2, 0) is 16.4 Å². The van der Waals surface area contributed by atoms with Crippen LogP contribution in [0, 0.1) is 5.92 Å². The first-order chi connectivity index (χ1) is 7.42. The molecule has 1 aliphatic rings. The van der Waals surface area contributed by atoms with Gasteiger partial charge < -0.3 is 5.11 Å². The standard InChI is InChI=1S/C11H15NO3S/c1-16(14,15)12-10-5-9(4-8-2-3-8)6-11(13)7-10/h5-8,12-13H,2-4H2,1H3. The maximum Gasteiger partial charge on any atom is 0.229 e. The highest BCUT2D eigenvalue weighted by Gasteiger charge is 2.21. The van der Waals surface area contributed by atoms with E-state index in [2.05, 4.69) is 4.72 Å². The van der Waals surface area contributed by atoms with Gasteiger partial charge in [-0.25, -0.2) is 8.42 Å². The van der Waals surface area contributed by atoms with Crippen LogP contribution in [-0.4, -0.2) is 19.8 Å².